The van der Waals surface area contributed by atoms with Gasteiger partial charge in [-0.1, -0.05) is 36.4 Å². The summed E-state index contributed by atoms with van der Waals surface area (Å²) in [5, 5.41) is 7.01. The third-order valence-corrected chi connectivity index (χ3v) is 6.00. The fourth-order valence-corrected chi connectivity index (χ4v) is 4.52. The molecule has 182 valence electrons. The molecule has 7 nitrogen and oxygen atoms in total. The predicted octanol–water partition coefficient (Wildman–Crippen LogP) is 4.69. The molecule has 3 aromatic rings. The van der Waals surface area contributed by atoms with Crippen molar-refractivity contribution in [1.82, 2.24) is 19.8 Å². The first kappa shape index (κ1) is 24.8. The van der Waals surface area contributed by atoms with Crippen molar-refractivity contribution in [2.24, 2.45) is 4.99 Å². The summed E-state index contributed by atoms with van der Waals surface area (Å²) in [6.45, 7) is 12.5. The van der Waals surface area contributed by atoms with Crippen LogP contribution in [0.15, 0.2) is 59.6 Å². The number of hydrogen-bond donors (Lipinski definition) is 2. The maximum absolute atomic E-state index is 5.63. The van der Waals surface area contributed by atoms with E-state index < -0.39 is 0 Å². The third kappa shape index (κ3) is 7.31. The van der Waals surface area contributed by atoms with Gasteiger partial charge in [-0.2, -0.15) is 4.99 Å². The SMILES string of the molecule is Cc1cc(C)cc(NC(=S)/N=C(/Nc2nc(C)cc(C)n2)N2CCN(Cc3ccccc3)CC2)c1. The monoisotopic (exact) mass is 487 g/mol. The van der Waals surface area contributed by atoms with Crippen LogP contribution in [0.3, 0.4) is 0 Å². The third-order valence-electron chi connectivity index (χ3n) is 5.81. The zero-order chi connectivity index (χ0) is 24.8. The molecule has 1 fully saturated rings. The van der Waals surface area contributed by atoms with Crippen LogP contribution in [-0.4, -0.2) is 57.0 Å². The first-order valence-electron chi connectivity index (χ1n) is 11.9. The minimum Gasteiger partial charge on any atom is -0.340 e. The largest absolute Gasteiger partial charge is 0.340 e. The number of nitrogens with one attached hydrogen (secondary N) is 2. The maximum atomic E-state index is 5.63. The van der Waals surface area contributed by atoms with Gasteiger partial charge in [-0.15, -0.1) is 0 Å². The number of aromatic nitrogens is 2. The smallest absolute Gasteiger partial charge is 0.229 e. The van der Waals surface area contributed by atoms with E-state index in [2.05, 4.69) is 92.8 Å². The zero-order valence-corrected chi connectivity index (χ0v) is 21.7. The highest BCUT2D eigenvalue weighted by Crippen LogP contribution is 2.15. The summed E-state index contributed by atoms with van der Waals surface area (Å²) in [6.07, 6.45) is 0. The molecule has 0 amide bonds. The Labute approximate surface area is 213 Å². The summed E-state index contributed by atoms with van der Waals surface area (Å²) >= 11 is 5.63. The Balaban J connectivity index is 1.50. The summed E-state index contributed by atoms with van der Waals surface area (Å²) in [4.78, 5) is 18.6. The van der Waals surface area contributed by atoms with Crippen LogP contribution < -0.4 is 10.6 Å². The van der Waals surface area contributed by atoms with E-state index >= 15 is 0 Å². The summed E-state index contributed by atoms with van der Waals surface area (Å²) in [5.74, 6) is 1.19. The van der Waals surface area contributed by atoms with Crippen molar-refractivity contribution in [3.8, 4) is 0 Å². The van der Waals surface area contributed by atoms with Gasteiger partial charge in [-0.3, -0.25) is 10.2 Å². The van der Waals surface area contributed by atoms with E-state index in [-0.39, 0.29) is 0 Å². The van der Waals surface area contributed by atoms with E-state index in [4.69, 9.17) is 17.2 Å². The number of anilines is 2. The van der Waals surface area contributed by atoms with Gasteiger partial charge in [-0.05, 0) is 74.8 Å². The first-order chi connectivity index (χ1) is 16.8. The fourth-order valence-electron chi connectivity index (χ4n) is 4.31. The van der Waals surface area contributed by atoms with Crippen LogP contribution in [0.5, 0.6) is 0 Å². The number of aryl methyl sites for hydroxylation is 4. The highest BCUT2D eigenvalue weighted by atomic mass is 32.1. The van der Waals surface area contributed by atoms with Gasteiger partial charge in [0.15, 0.2) is 0 Å². The molecule has 0 radical (unpaired) electrons. The Hall–Kier alpha value is -3.36. The van der Waals surface area contributed by atoms with Crippen molar-refractivity contribution >= 4 is 34.9 Å². The van der Waals surface area contributed by atoms with Crippen molar-refractivity contribution in [1.29, 1.82) is 0 Å². The van der Waals surface area contributed by atoms with E-state index in [1.807, 2.05) is 19.9 Å². The Morgan fingerprint density at radius 2 is 1.49 bits per heavy atom. The molecule has 1 aromatic heterocycles. The molecular formula is C27H33N7S. The summed E-state index contributed by atoms with van der Waals surface area (Å²) < 4.78 is 0. The molecule has 0 aliphatic carbocycles. The van der Waals surface area contributed by atoms with Gasteiger partial charge in [0.1, 0.15) is 0 Å². The van der Waals surface area contributed by atoms with Crippen LogP contribution >= 0.6 is 12.2 Å². The molecule has 1 aliphatic heterocycles. The fraction of sp³-hybridized carbons (Fsp3) is 0.333. The van der Waals surface area contributed by atoms with Crippen molar-refractivity contribution in [3.63, 3.8) is 0 Å². The van der Waals surface area contributed by atoms with Gasteiger partial charge < -0.3 is 10.2 Å². The highest BCUT2D eigenvalue weighted by Gasteiger charge is 2.21. The molecule has 2 aromatic carbocycles. The maximum Gasteiger partial charge on any atom is 0.229 e. The van der Waals surface area contributed by atoms with Crippen LogP contribution in [0, 0.1) is 27.7 Å². The Kier molecular flexibility index (Phi) is 8.05. The van der Waals surface area contributed by atoms with Crippen LogP contribution in [0.25, 0.3) is 0 Å². The number of thiocarbonyl (C=S) groups is 1. The quantitative estimate of drug-likeness (QED) is 0.314. The lowest BCUT2D eigenvalue weighted by atomic mass is 10.1. The van der Waals surface area contributed by atoms with Crippen molar-refractivity contribution in [2.45, 2.75) is 34.2 Å². The second-order valence-electron chi connectivity index (χ2n) is 9.09. The molecule has 2 heterocycles. The predicted molar refractivity (Wildman–Crippen MR) is 148 cm³/mol. The average molecular weight is 488 g/mol. The van der Waals surface area contributed by atoms with E-state index in [9.17, 15) is 0 Å². The molecule has 1 saturated heterocycles. The Morgan fingerprint density at radius 1 is 0.857 bits per heavy atom. The number of piperazine rings is 1. The molecule has 35 heavy (non-hydrogen) atoms. The van der Waals surface area contributed by atoms with E-state index in [1.165, 1.54) is 16.7 Å². The first-order valence-corrected chi connectivity index (χ1v) is 12.3. The second kappa shape index (κ2) is 11.4. The molecule has 4 rings (SSSR count). The minimum atomic E-state index is 0.397. The van der Waals surface area contributed by atoms with Gasteiger partial charge in [0.25, 0.3) is 0 Å². The van der Waals surface area contributed by atoms with Crippen molar-refractivity contribution in [3.05, 3.63) is 82.7 Å². The van der Waals surface area contributed by atoms with Gasteiger partial charge in [-0.25, -0.2) is 9.97 Å². The molecule has 0 spiro atoms. The standard InChI is InChI=1S/C27H33N7S/c1-19-14-20(2)16-24(15-19)30-27(35)32-26(31-25-28-21(3)17-22(4)29-25)34-12-10-33(11-13-34)18-23-8-6-5-7-9-23/h5-9,14-17H,10-13,18H2,1-4H3,(H2,28,29,30,31,32,35). The average Bonchev–Trinajstić information content (AvgIpc) is 2.78. The van der Waals surface area contributed by atoms with Crippen LogP contribution in [0.1, 0.15) is 28.1 Å². The van der Waals surface area contributed by atoms with Gasteiger partial charge in [0.05, 0.1) is 0 Å². The topological polar surface area (TPSA) is 68.7 Å². The van der Waals surface area contributed by atoms with Crippen molar-refractivity contribution < 1.29 is 0 Å². The summed E-state index contributed by atoms with van der Waals surface area (Å²) in [5.41, 5.74) is 6.43. The van der Waals surface area contributed by atoms with Crippen LogP contribution in [-0.2, 0) is 6.54 Å². The van der Waals surface area contributed by atoms with E-state index in [0.717, 1.165) is 49.8 Å². The molecular weight excluding hydrogens is 454 g/mol. The minimum absolute atomic E-state index is 0.397. The molecule has 0 atom stereocenters. The normalized spacial score (nSPS) is 14.6. The lowest BCUT2D eigenvalue weighted by Crippen LogP contribution is -2.50. The van der Waals surface area contributed by atoms with E-state index in [0.29, 0.717) is 17.0 Å². The number of rotatable bonds is 4. The molecule has 2 N–H and O–H groups in total. The molecule has 0 bridgehead atoms. The Morgan fingerprint density at radius 3 is 2.11 bits per heavy atom. The number of guanidine groups is 1. The summed E-state index contributed by atoms with van der Waals surface area (Å²) in [7, 11) is 0. The Bertz CT molecular complexity index is 1160. The number of aliphatic imine (C=N–C) groups is 1. The lowest BCUT2D eigenvalue weighted by molar-refractivity contribution is 0.175. The van der Waals surface area contributed by atoms with Gasteiger partial charge >= 0.3 is 0 Å². The molecule has 8 heteroatoms. The van der Waals surface area contributed by atoms with Crippen LogP contribution in [0.4, 0.5) is 11.6 Å². The zero-order valence-electron chi connectivity index (χ0n) is 20.9. The molecule has 0 unspecified atom stereocenters. The van der Waals surface area contributed by atoms with Gasteiger partial charge in [0.2, 0.25) is 17.0 Å². The van der Waals surface area contributed by atoms with Gasteiger partial charge in [0, 0.05) is 49.8 Å². The van der Waals surface area contributed by atoms with Crippen LogP contribution in [0.2, 0.25) is 0 Å². The molecule has 0 saturated carbocycles. The van der Waals surface area contributed by atoms with E-state index in [1.54, 1.807) is 0 Å². The number of benzene rings is 2. The molecule has 1 aliphatic rings. The number of nitrogens with zero attached hydrogens (tertiary/aromatic N) is 5. The highest BCUT2D eigenvalue weighted by molar-refractivity contribution is 7.80. The van der Waals surface area contributed by atoms with Crippen molar-refractivity contribution in [2.75, 3.05) is 36.8 Å². The second-order valence-corrected chi connectivity index (χ2v) is 9.48. The lowest BCUT2D eigenvalue weighted by Gasteiger charge is -2.36. The number of hydrogen-bond acceptors (Lipinski definition) is 4. The summed E-state index contributed by atoms with van der Waals surface area (Å²) in [6, 6.07) is 18.8.